The minimum Gasteiger partial charge on any atom is -0.394 e. The van der Waals surface area contributed by atoms with E-state index in [4.69, 9.17) is 15.6 Å². The molecule has 0 aliphatic heterocycles. The number of rotatable bonds is 8. The Balaban J connectivity index is 2.40. The molecule has 0 spiro atoms. The molecule has 0 aromatic carbocycles. The molecule has 1 heterocycles. The van der Waals surface area contributed by atoms with Crippen LogP contribution in [0.4, 0.5) is 17.3 Å². The molecule has 4 N–H and O–H groups in total. The largest absolute Gasteiger partial charge is 0.394 e. The molecule has 8 heteroatoms. The van der Waals surface area contributed by atoms with Crippen molar-refractivity contribution in [2.45, 2.75) is 6.42 Å². The van der Waals surface area contributed by atoms with Gasteiger partial charge in [-0.2, -0.15) is 0 Å². The van der Waals surface area contributed by atoms with Gasteiger partial charge in [0.2, 0.25) is 0 Å². The van der Waals surface area contributed by atoms with Crippen molar-refractivity contribution in [1.29, 1.82) is 0 Å². The molecule has 0 amide bonds. The molecule has 8 nitrogen and oxygen atoms in total. The molecular formula is C10H16N4O4. The van der Waals surface area contributed by atoms with Crippen molar-refractivity contribution in [3.63, 3.8) is 0 Å². The van der Waals surface area contributed by atoms with E-state index in [2.05, 4.69) is 10.3 Å². The van der Waals surface area contributed by atoms with E-state index in [0.29, 0.717) is 32.0 Å². The molecule has 0 bridgehead atoms. The summed E-state index contributed by atoms with van der Waals surface area (Å²) in [4.78, 5) is 14.0. The van der Waals surface area contributed by atoms with Crippen molar-refractivity contribution < 1.29 is 14.8 Å². The lowest BCUT2D eigenvalue weighted by Gasteiger charge is -2.06. The number of nitrogens with zero attached hydrogens (tertiary/aromatic N) is 2. The SMILES string of the molecule is Nc1cc([N+](=O)[O-])cc(NCCCOCCO)n1. The second kappa shape index (κ2) is 7.41. The second-order valence-electron chi connectivity index (χ2n) is 3.51. The second-order valence-corrected chi connectivity index (χ2v) is 3.51. The van der Waals surface area contributed by atoms with Gasteiger partial charge in [-0.05, 0) is 6.42 Å². The zero-order valence-corrected chi connectivity index (χ0v) is 9.83. The van der Waals surface area contributed by atoms with Crippen LogP contribution in [0.15, 0.2) is 12.1 Å². The number of nitrogens with one attached hydrogen (secondary N) is 1. The van der Waals surface area contributed by atoms with E-state index in [1.807, 2.05) is 0 Å². The summed E-state index contributed by atoms with van der Waals surface area (Å²) in [5.41, 5.74) is 5.36. The van der Waals surface area contributed by atoms with Crippen LogP contribution in [0.2, 0.25) is 0 Å². The summed E-state index contributed by atoms with van der Waals surface area (Å²) < 4.78 is 5.06. The molecule has 0 aliphatic carbocycles. The number of nitrogens with two attached hydrogens (primary N) is 1. The minimum absolute atomic E-state index is 0.00357. The maximum Gasteiger partial charge on any atom is 0.276 e. The molecule has 0 radical (unpaired) electrons. The van der Waals surface area contributed by atoms with Crippen molar-refractivity contribution in [3.8, 4) is 0 Å². The Morgan fingerprint density at radius 3 is 2.94 bits per heavy atom. The Kier molecular flexibility index (Phi) is 5.81. The lowest BCUT2D eigenvalue weighted by atomic mass is 10.3. The summed E-state index contributed by atoms with van der Waals surface area (Å²) in [6, 6.07) is 2.53. The van der Waals surface area contributed by atoms with Crippen LogP contribution in [0.5, 0.6) is 0 Å². The monoisotopic (exact) mass is 256 g/mol. The van der Waals surface area contributed by atoms with Crippen LogP contribution < -0.4 is 11.1 Å². The van der Waals surface area contributed by atoms with Gasteiger partial charge in [0, 0.05) is 13.2 Å². The number of hydrogen-bond acceptors (Lipinski definition) is 7. The predicted octanol–water partition coefficient (Wildman–Crippen LogP) is 0.383. The summed E-state index contributed by atoms with van der Waals surface area (Å²) in [7, 11) is 0. The zero-order valence-electron chi connectivity index (χ0n) is 9.83. The Bertz CT molecular complexity index is 399. The molecule has 1 rings (SSSR count). The van der Waals surface area contributed by atoms with Crippen molar-refractivity contribution in [2.24, 2.45) is 0 Å². The van der Waals surface area contributed by atoms with Gasteiger partial charge in [0.05, 0.1) is 30.3 Å². The molecule has 100 valence electrons. The summed E-state index contributed by atoms with van der Waals surface area (Å²) in [6.07, 6.45) is 0.699. The van der Waals surface area contributed by atoms with Crippen LogP contribution in [0.3, 0.4) is 0 Å². The molecule has 0 atom stereocenters. The number of aromatic nitrogens is 1. The Hall–Kier alpha value is -1.93. The third kappa shape index (κ3) is 4.93. The van der Waals surface area contributed by atoms with Crippen LogP contribution in [0.1, 0.15) is 6.42 Å². The van der Waals surface area contributed by atoms with Gasteiger partial charge >= 0.3 is 0 Å². The molecule has 18 heavy (non-hydrogen) atoms. The van der Waals surface area contributed by atoms with Crippen molar-refractivity contribution in [1.82, 2.24) is 4.98 Å². The number of hydrogen-bond donors (Lipinski definition) is 3. The van der Waals surface area contributed by atoms with Gasteiger partial charge in [-0.3, -0.25) is 10.1 Å². The quantitative estimate of drug-likeness (QED) is 0.349. The molecule has 0 saturated carbocycles. The first-order valence-electron chi connectivity index (χ1n) is 5.48. The molecule has 0 unspecified atom stereocenters. The van der Waals surface area contributed by atoms with Gasteiger partial charge in [0.25, 0.3) is 5.69 Å². The number of aliphatic hydroxyl groups excluding tert-OH is 1. The summed E-state index contributed by atoms with van der Waals surface area (Å²) >= 11 is 0. The number of ether oxygens (including phenoxy) is 1. The van der Waals surface area contributed by atoms with Gasteiger partial charge < -0.3 is 20.9 Å². The van der Waals surface area contributed by atoms with Crippen molar-refractivity contribution in [2.75, 3.05) is 37.4 Å². The molecule has 1 aromatic heterocycles. The highest BCUT2D eigenvalue weighted by molar-refractivity contribution is 5.52. The highest BCUT2D eigenvalue weighted by Crippen LogP contribution is 2.18. The van der Waals surface area contributed by atoms with Gasteiger partial charge in [-0.25, -0.2) is 4.98 Å². The first-order valence-corrected chi connectivity index (χ1v) is 5.48. The number of pyridine rings is 1. The predicted molar refractivity (Wildman–Crippen MR) is 66.3 cm³/mol. The minimum atomic E-state index is -0.520. The lowest BCUT2D eigenvalue weighted by molar-refractivity contribution is -0.384. The van der Waals surface area contributed by atoms with E-state index in [1.165, 1.54) is 12.1 Å². The first kappa shape index (κ1) is 14.1. The Morgan fingerprint density at radius 2 is 2.28 bits per heavy atom. The van der Waals surface area contributed by atoms with Gasteiger partial charge in [-0.15, -0.1) is 0 Å². The van der Waals surface area contributed by atoms with Crippen LogP contribution in [-0.2, 0) is 4.74 Å². The summed E-state index contributed by atoms with van der Waals surface area (Å²) in [5, 5.41) is 22.0. The third-order valence-corrected chi connectivity index (χ3v) is 2.05. The van der Waals surface area contributed by atoms with Crippen LogP contribution in [0, 0.1) is 10.1 Å². The number of aliphatic hydroxyl groups is 1. The summed E-state index contributed by atoms with van der Waals surface area (Å²) in [5.74, 6) is 0.465. The number of nitrogen functional groups attached to an aromatic ring is 1. The van der Waals surface area contributed by atoms with Crippen molar-refractivity contribution >= 4 is 17.3 Å². The number of nitro groups is 1. The van der Waals surface area contributed by atoms with Gasteiger partial charge in [-0.1, -0.05) is 0 Å². The standard InChI is InChI=1S/C10H16N4O4/c11-9-6-8(14(16)17)7-10(13-9)12-2-1-4-18-5-3-15/h6-7,15H,1-5H2,(H3,11,12,13). The third-order valence-electron chi connectivity index (χ3n) is 2.05. The summed E-state index contributed by atoms with van der Waals surface area (Å²) in [6.45, 7) is 1.36. The zero-order chi connectivity index (χ0) is 13.4. The van der Waals surface area contributed by atoms with E-state index in [1.54, 1.807) is 0 Å². The van der Waals surface area contributed by atoms with E-state index in [-0.39, 0.29) is 18.1 Å². The normalized spacial score (nSPS) is 10.3. The topological polar surface area (TPSA) is 124 Å². The van der Waals surface area contributed by atoms with Gasteiger partial charge in [0.15, 0.2) is 0 Å². The molecule has 0 fully saturated rings. The average molecular weight is 256 g/mol. The lowest BCUT2D eigenvalue weighted by Crippen LogP contribution is -2.09. The molecule has 0 saturated heterocycles. The van der Waals surface area contributed by atoms with Crippen LogP contribution in [-0.4, -0.2) is 41.4 Å². The van der Waals surface area contributed by atoms with E-state index in [9.17, 15) is 10.1 Å². The van der Waals surface area contributed by atoms with E-state index < -0.39 is 4.92 Å². The highest BCUT2D eigenvalue weighted by atomic mass is 16.6. The fourth-order valence-electron chi connectivity index (χ4n) is 1.29. The fraction of sp³-hybridized carbons (Fsp3) is 0.500. The molecule has 1 aromatic rings. The molecule has 0 aliphatic rings. The number of anilines is 2. The Morgan fingerprint density at radius 1 is 1.50 bits per heavy atom. The van der Waals surface area contributed by atoms with Crippen LogP contribution >= 0.6 is 0 Å². The van der Waals surface area contributed by atoms with Crippen molar-refractivity contribution in [3.05, 3.63) is 22.2 Å². The van der Waals surface area contributed by atoms with Gasteiger partial charge in [0.1, 0.15) is 11.6 Å². The highest BCUT2D eigenvalue weighted by Gasteiger charge is 2.09. The smallest absolute Gasteiger partial charge is 0.276 e. The van der Waals surface area contributed by atoms with E-state index >= 15 is 0 Å². The Labute approximate surface area is 104 Å². The van der Waals surface area contributed by atoms with E-state index in [0.717, 1.165) is 0 Å². The maximum absolute atomic E-state index is 10.6. The first-order chi connectivity index (χ1) is 8.63. The van der Waals surface area contributed by atoms with Crippen LogP contribution in [0.25, 0.3) is 0 Å². The molecular weight excluding hydrogens is 240 g/mol. The maximum atomic E-state index is 10.6. The average Bonchev–Trinajstić information content (AvgIpc) is 2.33. The fourth-order valence-corrected chi connectivity index (χ4v) is 1.29.